The van der Waals surface area contributed by atoms with Gasteiger partial charge in [0.1, 0.15) is 5.82 Å². The molecule has 2 aromatic heterocycles. The van der Waals surface area contributed by atoms with Crippen molar-refractivity contribution >= 4 is 17.1 Å². The summed E-state index contributed by atoms with van der Waals surface area (Å²) in [5, 5.41) is 2.01. The highest BCUT2D eigenvalue weighted by Crippen LogP contribution is 2.38. The van der Waals surface area contributed by atoms with Gasteiger partial charge in [-0.05, 0) is 25.8 Å². The number of Topliss-reactive ketones (excluding diaryl/α,β-unsaturated/α-hetero) is 1. The van der Waals surface area contributed by atoms with Crippen LogP contribution < -0.4 is 0 Å². The van der Waals surface area contributed by atoms with Crippen LogP contribution in [0.2, 0.25) is 0 Å². The first-order valence-corrected chi connectivity index (χ1v) is 6.26. The Morgan fingerprint density at radius 2 is 2.38 bits per heavy atom. The molecule has 0 unspecified atom stereocenters. The molecule has 16 heavy (non-hydrogen) atoms. The fourth-order valence-electron chi connectivity index (χ4n) is 1.82. The number of ketones is 1. The molecule has 0 saturated heterocycles. The van der Waals surface area contributed by atoms with Gasteiger partial charge in [-0.1, -0.05) is 0 Å². The summed E-state index contributed by atoms with van der Waals surface area (Å²) in [5.74, 6) is 1.12. The number of rotatable bonds is 3. The zero-order valence-corrected chi connectivity index (χ0v) is 9.83. The lowest BCUT2D eigenvalue weighted by molar-refractivity contribution is 0.102. The van der Waals surface area contributed by atoms with Crippen LogP contribution in [0, 0.1) is 0 Å². The number of nitrogens with zero attached hydrogens (tertiary/aromatic N) is 2. The molecule has 2 aromatic rings. The largest absolute Gasteiger partial charge is 0.328 e. The number of carbonyl (C=O) groups is 1. The van der Waals surface area contributed by atoms with Gasteiger partial charge in [0, 0.05) is 29.4 Å². The highest BCUT2D eigenvalue weighted by Gasteiger charge is 2.26. The molecule has 1 aliphatic carbocycles. The Balaban J connectivity index is 2.00. The van der Waals surface area contributed by atoms with Gasteiger partial charge in [0.05, 0.1) is 4.88 Å². The molecular formula is C12H12N2OS. The Morgan fingerprint density at radius 3 is 3.00 bits per heavy atom. The summed E-state index contributed by atoms with van der Waals surface area (Å²) >= 11 is 1.49. The molecule has 0 N–H and O–H groups in total. The second-order valence-corrected chi connectivity index (χ2v) is 5.06. The van der Waals surface area contributed by atoms with Gasteiger partial charge in [-0.25, -0.2) is 4.98 Å². The van der Waals surface area contributed by atoms with Crippen molar-refractivity contribution in [2.24, 2.45) is 0 Å². The van der Waals surface area contributed by atoms with E-state index in [9.17, 15) is 4.79 Å². The average molecular weight is 232 g/mol. The third kappa shape index (κ3) is 1.59. The van der Waals surface area contributed by atoms with Gasteiger partial charge < -0.3 is 4.57 Å². The number of hydrogen-bond acceptors (Lipinski definition) is 3. The monoisotopic (exact) mass is 232 g/mol. The molecule has 0 amide bonds. The van der Waals surface area contributed by atoms with Crippen LogP contribution in [0.5, 0.6) is 0 Å². The smallest absolute Gasteiger partial charge is 0.169 e. The van der Waals surface area contributed by atoms with Crippen LogP contribution in [0.4, 0.5) is 0 Å². The predicted molar refractivity (Wildman–Crippen MR) is 63.8 cm³/mol. The SMILES string of the molecule is CC(=O)c1cc(-c2nccn2C2CC2)cs1. The maximum Gasteiger partial charge on any atom is 0.169 e. The van der Waals surface area contributed by atoms with Crippen LogP contribution in [0.3, 0.4) is 0 Å². The lowest BCUT2D eigenvalue weighted by Crippen LogP contribution is -1.94. The Kier molecular flexibility index (Phi) is 2.17. The number of imidazole rings is 1. The Hall–Kier alpha value is -1.42. The zero-order valence-electron chi connectivity index (χ0n) is 9.01. The molecule has 3 rings (SSSR count). The van der Waals surface area contributed by atoms with E-state index in [2.05, 4.69) is 9.55 Å². The van der Waals surface area contributed by atoms with Crippen LogP contribution in [-0.4, -0.2) is 15.3 Å². The summed E-state index contributed by atoms with van der Waals surface area (Å²) in [6.45, 7) is 1.60. The number of thiophene rings is 1. The number of hydrogen-bond donors (Lipinski definition) is 0. The summed E-state index contributed by atoms with van der Waals surface area (Å²) in [6.07, 6.45) is 6.34. The van der Waals surface area contributed by atoms with Crippen molar-refractivity contribution in [3.8, 4) is 11.4 Å². The average Bonchev–Trinajstić information content (AvgIpc) is 2.83. The van der Waals surface area contributed by atoms with Crippen LogP contribution in [0.25, 0.3) is 11.4 Å². The van der Waals surface area contributed by atoms with Crippen molar-refractivity contribution in [3.05, 3.63) is 28.7 Å². The van der Waals surface area contributed by atoms with Gasteiger partial charge in [0.25, 0.3) is 0 Å². The summed E-state index contributed by atoms with van der Waals surface area (Å²) in [6, 6.07) is 2.56. The zero-order chi connectivity index (χ0) is 11.1. The Morgan fingerprint density at radius 1 is 1.56 bits per heavy atom. The highest BCUT2D eigenvalue weighted by atomic mass is 32.1. The van der Waals surface area contributed by atoms with Gasteiger partial charge in [-0.15, -0.1) is 11.3 Å². The van der Waals surface area contributed by atoms with E-state index in [-0.39, 0.29) is 5.78 Å². The van der Waals surface area contributed by atoms with Crippen molar-refractivity contribution < 1.29 is 4.79 Å². The van der Waals surface area contributed by atoms with Crippen LogP contribution in [0.15, 0.2) is 23.8 Å². The molecule has 0 aromatic carbocycles. The minimum Gasteiger partial charge on any atom is -0.328 e. The molecule has 1 fully saturated rings. The Bertz CT molecular complexity index is 537. The third-order valence-electron chi connectivity index (χ3n) is 2.81. The van der Waals surface area contributed by atoms with Crippen LogP contribution >= 0.6 is 11.3 Å². The Labute approximate surface area is 97.7 Å². The van der Waals surface area contributed by atoms with Gasteiger partial charge >= 0.3 is 0 Å². The normalized spacial score (nSPS) is 15.3. The van der Waals surface area contributed by atoms with E-state index in [0.29, 0.717) is 6.04 Å². The van der Waals surface area contributed by atoms with Gasteiger partial charge in [-0.3, -0.25) is 4.79 Å². The lowest BCUT2D eigenvalue weighted by Gasteiger charge is -2.03. The van der Waals surface area contributed by atoms with E-state index in [1.807, 2.05) is 23.8 Å². The molecule has 82 valence electrons. The fraction of sp³-hybridized carbons (Fsp3) is 0.333. The van der Waals surface area contributed by atoms with E-state index in [4.69, 9.17) is 0 Å². The van der Waals surface area contributed by atoms with E-state index in [0.717, 1.165) is 16.3 Å². The molecule has 1 saturated carbocycles. The first kappa shape index (κ1) is 9.78. The van der Waals surface area contributed by atoms with E-state index in [1.165, 1.54) is 24.2 Å². The van der Waals surface area contributed by atoms with Crippen LogP contribution in [0.1, 0.15) is 35.5 Å². The van der Waals surface area contributed by atoms with Crippen molar-refractivity contribution in [1.29, 1.82) is 0 Å². The topological polar surface area (TPSA) is 34.9 Å². The van der Waals surface area contributed by atoms with Crippen molar-refractivity contribution in [1.82, 2.24) is 9.55 Å². The standard InChI is InChI=1S/C12H12N2OS/c1-8(15)11-6-9(7-16-11)12-13-4-5-14(12)10-2-3-10/h4-7,10H,2-3H2,1H3. The second kappa shape index (κ2) is 3.56. The maximum atomic E-state index is 11.2. The minimum absolute atomic E-state index is 0.126. The summed E-state index contributed by atoms with van der Waals surface area (Å²) in [5.41, 5.74) is 1.06. The van der Waals surface area contributed by atoms with Crippen molar-refractivity contribution in [2.75, 3.05) is 0 Å². The molecular weight excluding hydrogens is 220 g/mol. The summed E-state index contributed by atoms with van der Waals surface area (Å²) in [7, 11) is 0. The highest BCUT2D eigenvalue weighted by molar-refractivity contribution is 7.12. The first-order chi connectivity index (χ1) is 7.75. The quantitative estimate of drug-likeness (QED) is 0.762. The summed E-state index contributed by atoms with van der Waals surface area (Å²) < 4.78 is 2.21. The van der Waals surface area contributed by atoms with Crippen molar-refractivity contribution in [2.45, 2.75) is 25.8 Å². The molecule has 0 bridgehead atoms. The van der Waals surface area contributed by atoms with E-state index in [1.54, 1.807) is 6.92 Å². The molecule has 0 spiro atoms. The van der Waals surface area contributed by atoms with E-state index >= 15 is 0 Å². The second-order valence-electron chi connectivity index (χ2n) is 4.15. The minimum atomic E-state index is 0.126. The maximum absolute atomic E-state index is 11.2. The number of carbonyl (C=O) groups excluding carboxylic acids is 1. The lowest BCUT2D eigenvalue weighted by atomic mass is 10.2. The fourth-order valence-corrected chi connectivity index (χ4v) is 2.61. The van der Waals surface area contributed by atoms with Crippen molar-refractivity contribution in [3.63, 3.8) is 0 Å². The van der Waals surface area contributed by atoms with E-state index < -0.39 is 0 Å². The molecule has 1 aliphatic rings. The third-order valence-corrected chi connectivity index (χ3v) is 3.84. The first-order valence-electron chi connectivity index (χ1n) is 5.38. The van der Waals surface area contributed by atoms with Crippen LogP contribution in [-0.2, 0) is 0 Å². The molecule has 4 heteroatoms. The number of aromatic nitrogens is 2. The molecule has 3 nitrogen and oxygen atoms in total. The molecule has 0 atom stereocenters. The summed E-state index contributed by atoms with van der Waals surface area (Å²) in [4.78, 5) is 16.4. The molecule has 0 radical (unpaired) electrons. The van der Waals surface area contributed by atoms with Gasteiger partial charge in [0.15, 0.2) is 5.78 Å². The predicted octanol–water partition coefficient (Wildman–Crippen LogP) is 3.15. The molecule has 2 heterocycles. The van der Waals surface area contributed by atoms with Gasteiger partial charge in [-0.2, -0.15) is 0 Å². The van der Waals surface area contributed by atoms with Gasteiger partial charge in [0.2, 0.25) is 0 Å². The molecule has 0 aliphatic heterocycles.